The van der Waals surface area contributed by atoms with Gasteiger partial charge in [0, 0.05) is 56.7 Å². The quantitative estimate of drug-likeness (QED) is 0.423. The first kappa shape index (κ1) is 23.9. The lowest BCUT2D eigenvalue weighted by atomic mass is 9.99. The number of halogens is 4. The van der Waals surface area contributed by atoms with Crippen LogP contribution in [-0.4, -0.2) is 79.3 Å². The van der Waals surface area contributed by atoms with E-state index in [1.165, 1.54) is 27.9 Å². The number of carbonyl (C=O) groups excluding carboxylic acids is 2. The summed E-state index contributed by atoms with van der Waals surface area (Å²) < 4.78 is 53.8. The SMILES string of the molecule is C=C(F)C(=O)N1CC(n2nc(-c3ccc(C(F)(F)F)nc3)c3nccc(C(=O)N4CC(CO)C4)c32)C1. The molecule has 0 aliphatic carbocycles. The van der Waals surface area contributed by atoms with Crippen LogP contribution in [-0.2, 0) is 11.0 Å². The molecule has 0 unspecified atom stereocenters. The molecule has 0 radical (unpaired) electrons. The van der Waals surface area contributed by atoms with Crippen LogP contribution in [0.4, 0.5) is 17.6 Å². The Bertz CT molecular complexity index is 1360. The van der Waals surface area contributed by atoms with Crippen LogP contribution in [0.5, 0.6) is 0 Å². The number of hydrogen-bond acceptors (Lipinski definition) is 6. The maximum Gasteiger partial charge on any atom is 0.433 e. The molecule has 2 aliphatic heterocycles. The number of aromatic nitrogens is 4. The Morgan fingerprint density at radius 3 is 2.39 bits per heavy atom. The Morgan fingerprint density at radius 2 is 1.81 bits per heavy atom. The summed E-state index contributed by atoms with van der Waals surface area (Å²) in [5.41, 5.74) is 0.321. The van der Waals surface area contributed by atoms with E-state index < -0.39 is 29.6 Å². The van der Waals surface area contributed by atoms with Crippen molar-refractivity contribution < 1.29 is 32.3 Å². The van der Waals surface area contributed by atoms with E-state index in [0.717, 1.165) is 12.3 Å². The van der Waals surface area contributed by atoms with Crippen LogP contribution in [0.2, 0.25) is 0 Å². The molecule has 2 saturated heterocycles. The number of aliphatic hydroxyl groups excluding tert-OH is 1. The number of hydrogen-bond donors (Lipinski definition) is 1. The van der Waals surface area contributed by atoms with Crippen LogP contribution in [0.3, 0.4) is 0 Å². The van der Waals surface area contributed by atoms with Gasteiger partial charge in [0.2, 0.25) is 0 Å². The van der Waals surface area contributed by atoms with Crippen molar-refractivity contribution in [2.75, 3.05) is 32.8 Å². The minimum absolute atomic E-state index is 0.00928. The van der Waals surface area contributed by atoms with E-state index in [1.807, 2.05) is 0 Å². The average molecular weight is 504 g/mol. The number of rotatable bonds is 5. The molecular weight excluding hydrogens is 484 g/mol. The first-order valence-electron chi connectivity index (χ1n) is 11.0. The van der Waals surface area contributed by atoms with Crippen LogP contribution in [0.15, 0.2) is 43.0 Å². The topological polar surface area (TPSA) is 104 Å². The number of amides is 2. The lowest BCUT2D eigenvalue weighted by Gasteiger charge is -2.40. The molecule has 2 amide bonds. The first-order chi connectivity index (χ1) is 17.1. The molecule has 0 aromatic carbocycles. The van der Waals surface area contributed by atoms with Crippen molar-refractivity contribution in [2.45, 2.75) is 12.2 Å². The molecule has 0 atom stereocenters. The van der Waals surface area contributed by atoms with E-state index in [4.69, 9.17) is 0 Å². The zero-order chi connectivity index (χ0) is 25.8. The van der Waals surface area contributed by atoms with Crippen molar-refractivity contribution in [3.05, 3.63) is 54.3 Å². The van der Waals surface area contributed by atoms with E-state index in [-0.39, 0.29) is 53.9 Å². The Balaban J connectivity index is 1.57. The lowest BCUT2D eigenvalue weighted by molar-refractivity contribution is -0.141. The summed E-state index contributed by atoms with van der Waals surface area (Å²) in [6.07, 6.45) is -2.16. The van der Waals surface area contributed by atoms with E-state index in [1.54, 1.807) is 4.90 Å². The van der Waals surface area contributed by atoms with Crippen molar-refractivity contribution in [3.63, 3.8) is 0 Å². The Labute approximate surface area is 201 Å². The number of fused-ring (bicyclic) bond motifs is 1. The van der Waals surface area contributed by atoms with Gasteiger partial charge in [-0.1, -0.05) is 6.58 Å². The van der Waals surface area contributed by atoms with Gasteiger partial charge in [-0.2, -0.15) is 18.3 Å². The first-order valence-corrected chi connectivity index (χ1v) is 11.0. The van der Waals surface area contributed by atoms with Gasteiger partial charge in [0.05, 0.1) is 11.6 Å². The van der Waals surface area contributed by atoms with Crippen LogP contribution in [0.25, 0.3) is 22.3 Å². The van der Waals surface area contributed by atoms with Gasteiger partial charge in [-0.25, -0.2) is 4.39 Å². The van der Waals surface area contributed by atoms with E-state index >= 15 is 0 Å². The molecular formula is C23H20F4N6O3. The molecule has 3 aromatic rings. The number of nitrogens with zero attached hydrogens (tertiary/aromatic N) is 6. The van der Waals surface area contributed by atoms with Crippen LogP contribution in [0.1, 0.15) is 22.1 Å². The maximum atomic E-state index is 13.3. The van der Waals surface area contributed by atoms with E-state index in [9.17, 15) is 32.3 Å². The summed E-state index contributed by atoms with van der Waals surface area (Å²) in [5, 5.41) is 13.8. The highest BCUT2D eigenvalue weighted by Gasteiger charge is 2.38. The zero-order valence-electron chi connectivity index (χ0n) is 18.7. The van der Waals surface area contributed by atoms with Gasteiger partial charge in [-0.15, -0.1) is 0 Å². The molecule has 5 heterocycles. The lowest BCUT2D eigenvalue weighted by Crippen LogP contribution is -2.52. The fourth-order valence-corrected chi connectivity index (χ4v) is 4.37. The maximum absolute atomic E-state index is 13.3. The van der Waals surface area contributed by atoms with Crippen molar-refractivity contribution >= 4 is 22.8 Å². The van der Waals surface area contributed by atoms with Crippen LogP contribution >= 0.6 is 0 Å². The second kappa shape index (κ2) is 8.66. The number of likely N-dealkylation sites (tertiary alicyclic amines) is 2. The Hall–Kier alpha value is -3.87. The molecule has 2 aliphatic rings. The molecule has 0 bridgehead atoms. The molecule has 3 aromatic heterocycles. The largest absolute Gasteiger partial charge is 0.433 e. The van der Waals surface area contributed by atoms with Gasteiger partial charge in [0.15, 0.2) is 5.83 Å². The van der Waals surface area contributed by atoms with Crippen molar-refractivity contribution in [1.29, 1.82) is 0 Å². The Kier molecular flexibility index (Phi) is 5.74. The zero-order valence-corrected chi connectivity index (χ0v) is 18.7. The number of carbonyl (C=O) groups is 2. The fourth-order valence-electron chi connectivity index (χ4n) is 4.37. The van der Waals surface area contributed by atoms with Crippen LogP contribution < -0.4 is 0 Å². The summed E-state index contributed by atoms with van der Waals surface area (Å²) >= 11 is 0. The van der Waals surface area contributed by atoms with Gasteiger partial charge < -0.3 is 14.9 Å². The third-order valence-electron chi connectivity index (χ3n) is 6.37. The molecule has 188 valence electrons. The summed E-state index contributed by atoms with van der Waals surface area (Å²) in [6.45, 7) is 3.94. The standard InChI is InChI=1S/C23H20F4N6O3/c1-12(24)21(35)32-9-15(10-32)33-20-16(22(36)31-7-13(8-31)11-34)4-5-28-19(20)18(30-33)14-2-3-17(29-6-14)23(25,26)27/h2-6,13,15,34H,1,7-11H2. The molecule has 2 fully saturated rings. The third-order valence-corrected chi connectivity index (χ3v) is 6.37. The highest BCUT2D eigenvalue weighted by atomic mass is 19.4. The van der Waals surface area contributed by atoms with Gasteiger partial charge >= 0.3 is 6.18 Å². The normalized spacial score (nSPS) is 16.7. The monoisotopic (exact) mass is 504 g/mol. The van der Waals surface area contributed by atoms with Gasteiger partial charge in [0.1, 0.15) is 22.4 Å². The molecule has 13 heteroatoms. The molecule has 9 nitrogen and oxygen atoms in total. The smallest absolute Gasteiger partial charge is 0.396 e. The summed E-state index contributed by atoms with van der Waals surface area (Å²) in [5.74, 6) is -2.26. The number of aliphatic hydroxyl groups is 1. The second-order valence-corrected chi connectivity index (χ2v) is 8.81. The molecule has 36 heavy (non-hydrogen) atoms. The molecule has 5 rings (SSSR count). The highest BCUT2D eigenvalue weighted by molar-refractivity contribution is 6.07. The second-order valence-electron chi connectivity index (χ2n) is 8.81. The van der Waals surface area contributed by atoms with Crippen molar-refractivity contribution in [1.82, 2.24) is 29.5 Å². The van der Waals surface area contributed by atoms with Gasteiger partial charge in [-0.3, -0.25) is 24.2 Å². The molecule has 0 saturated carbocycles. The molecule has 1 N–H and O–H groups in total. The third kappa shape index (κ3) is 3.98. The van der Waals surface area contributed by atoms with E-state index in [2.05, 4.69) is 21.6 Å². The summed E-state index contributed by atoms with van der Waals surface area (Å²) in [6, 6.07) is 3.16. The minimum Gasteiger partial charge on any atom is -0.396 e. The Morgan fingerprint density at radius 1 is 1.08 bits per heavy atom. The summed E-state index contributed by atoms with van der Waals surface area (Å²) in [4.78, 5) is 35.8. The number of alkyl halides is 3. The predicted molar refractivity (Wildman–Crippen MR) is 118 cm³/mol. The summed E-state index contributed by atoms with van der Waals surface area (Å²) in [7, 11) is 0. The highest BCUT2D eigenvalue weighted by Crippen LogP contribution is 2.35. The van der Waals surface area contributed by atoms with Crippen molar-refractivity contribution in [3.8, 4) is 11.3 Å². The molecule has 0 spiro atoms. The van der Waals surface area contributed by atoms with E-state index in [0.29, 0.717) is 18.6 Å². The van der Waals surface area contributed by atoms with Crippen molar-refractivity contribution in [2.24, 2.45) is 5.92 Å². The van der Waals surface area contributed by atoms with Crippen LogP contribution in [0, 0.1) is 5.92 Å². The predicted octanol–water partition coefficient (Wildman–Crippen LogP) is 2.44. The van der Waals surface area contributed by atoms with Gasteiger partial charge in [0.25, 0.3) is 11.8 Å². The average Bonchev–Trinajstić information content (AvgIpc) is 3.16. The fraction of sp³-hybridized carbons (Fsp3) is 0.348. The minimum atomic E-state index is -4.61. The number of pyridine rings is 2. The van der Waals surface area contributed by atoms with Gasteiger partial charge in [-0.05, 0) is 18.2 Å².